The van der Waals surface area contributed by atoms with Gasteiger partial charge in [0.15, 0.2) is 6.61 Å². The second-order valence-corrected chi connectivity index (χ2v) is 11.6. The van der Waals surface area contributed by atoms with Crippen LogP contribution in [0.4, 0.5) is 4.79 Å². The third kappa shape index (κ3) is 14.2. The Morgan fingerprint density at radius 2 is 1.77 bits per heavy atom. The van der Waals surface area contributed by atoms with Gasteiger partial charge in [0.05, 0.1) is 19.3 Å². The predicted octanol–water partition coefficient (Wildman–Crippen LogP) is 4.64. The van der Waals surface area contributed by atoms with Crippen LogP contribution in [0.15, 0.2) is 24.3 Å². The van der Waals surface area contributed by atoms with E-state index in [0.717, 1.165) is 18.4 Å². The van der Waals surface area contributed by atoms with Crippen LogP contribution in [0.2, 0.25) is 0 Å². The Labute approximate surface area is 234 Å². The molecule has 0 aromatic heterocycles. The zero-order valence-electron chi connectivity index (χ0n) is 25.0. The van der Waals surface area contributed by atoms with E-state index in [0.29, 0.717) is 25.1 Å². The molecule has 0 aliphatic carbocycles. The second kappa shape index (κ2) is 17.0. The monoisotopic (exact) mass is 550 g/mol. The van der Waals surface area contributed by atoms with Crippen LogP contribution in [0.5, 0.6) is 5.75 Å². The number of aliphatic hydroxyl groups is 1. The zero-order chi connectivity index (χ0) is 29.6. The molecule has 2 amide bonds. The van der Waals surface area contributed by atoms with Gasteiger partial charge in [0.1, 0.15) is 11.4 Å². The van der Waals surface area contributed by atoms with E-state index in [1.165, 1.54) is 7.11 Å². The molecule has 0 aliphatic heterocycles. The summed E-state index contributed by atoms with van der Waals surface area (Å²) in [5.41, 5.74) is 0.318. The molecule has 1 aromatic rings. The molecule has 39 heavy (non-hydrogen) atoms. The summed E-state index contributed by atoms with van der Waals surface area (Å²) in [5.74, 6) is -0.104. The molecule has 0 unspecified atom stereocenters. The maximum atomic E-state index is 12.7. The average molecular weight is 551 g/mol. The van der Waals surface area contributed by atoms with Gasteiger partial charge in [-0.3, -0.25) is 4.79 Å². The third-order valence-corrected chi connectivity index (χ3v) is 6.52. The van der Waals surface area contributed by atoms with Crippen molar-refractivity contribution in [1.82, 2.24) is 10.6 Å². The maximum absolute atomic E-state index is 12.7. The largest absolute Gasteiger partial charge is 0.482 e. The fraction of sp³-hybridized carbons (Fsp3) is 0.700. The van der Waals surface area contributed by atoms with Crippen molar-refractivity contribution in [3.63, 3.8) is 0 Å². The van der Waals surface area contributed by atoms with Gasteiger partial charge in [0, 0.05) is 12.5 Å². The number of benzene rings is 1. The number of ether oxygens (including phenoxy) is 3. The van der Waals surface area contributed by atoms with E-state index in [1.54, 1.807) is 33.8 Å². The molecule has 0 saturated carbocycles. The van der Waals surface area contributed by atoms with E-state index in [9.17, 15) is 19.5 Å². The van der Waals surface area contributed by atoms with Crippen LogP contribution < -0.4 is 15.4 Å². The predicted molar refractivity (Wildman–Crippen MR) is 151 cm³/mol. The summed E-state index contributed by atoms with van der Waals surface area (Å²) in [6, 6.07) is 6.89. The highest BCUT2D eigenvalue weighted by Gasteiger charge is 2.31. The number of amides is 2. The second-order valence-electron chi connectivity index (χ2n) is 11.6. The number of unbranched alkanes of at least 4 members (excludes halogenated alkanes) is 1. The number of carbonyl (C=O) groups excluding carboxylic acids is 3. The van der Waals surface area contributed by atoms with Gasteiger partial charge < -0.3 is 30.0 Å². The first-order valence-corrected chi connectivity index (χ1v) is 14.0. The number of hydrogen-bond acceptors (Lipinski definition) is 7. The lowest BCUT2D eigenvalue weighted by atomic mass is 9.82. The molecule has 222 valence electrons. The molecule has 0 fully saturated rings. The third-order valence-electron chi connectivity index (χ3n) is 6.52. The molecule has 1 aromatic carbocycles. The van der Waals surface area contributed by atoms with Crippen LogP contribution in [0.1, 0.15) is 79.7 Å². The van der Waals surface area contributed by atoms with E-state index in [1.807, 2.05) is 18.2 Å². The molecule has 3 N–H and O–H groups in total. The number of methoxy groups -OCH3 is 1. The van der Waals surface area contributed by atoms with Crippen LogP contribution in [-0.4, -0.2) is 61.1 Å². The van der Waals surface area contributed by atoms with Gasteiger partial charge in [0.25, 0.3) is 0 Å². The maximum Gasteiger partial charge on any atom is 0.407 e. The molecule has 0 spiro atoms. The standard InChI is InChI=1S/C30H50N2O7/c1-9-10-14-31-28(35)21(4)15-26(33)25(32-29(36)39-30(5,6)7)18-23(20(2)3)16-22-12-11-13-24(17-22)38-19-27(34)37-8/h11-13,17,20-21,23,25-26,33H,9-10,14-16,18-19H2,1-8H3,(H,31,35)(H,32,36)/t21-,23+,25+,26+/m1/s1. The topological polar surface area (TPSA) is 123 Å². The zero-order valence-corrected chi connectivity index (χ0v) is 25.0. The lowest BCUT2D eigenvalue weighted by molar-refractivity contribution is -0.142. The summed E-state index contributed by atoms with van der Waals surface area (Å²) in [6.45, 7) is 13.8. The Kier molecular flexibility index (Phi) is 14.9. The lowest BCUT2D eigenvalue weighted by Crippen LogP contribution is -2.48. The highest BCUT2D eigenvalue weighted by molar-refractivity contribution is 5.78. The van der Waals surface area contributed by atoms with Crippen molar-refractivity contribution in [2.45, 2.75) is 98.3 Å². The Morgan fingerprint density at radius 3 is 2.36 bits per heavy atom. The first-order chi connectivity index (χ1) is 18.2. The Hall–Kier alpha value is -2.81. The molecule has 0 aliphatic rings. The molecule has 1 rings (SSSR count). The van der Waals surface area contributed by atoms with Crippen LogP contribution in [-0.2, 0) is 25.5 Å². The molecule has 9 heteroatoms. The first-order valence-electron chi connectivity index (χ1n) is 14.0. The normalized spacial score (nSPS) is 14.6. The number of nitrogens with one attached hydrogen (secondary N) is 2. The molecule has 0 saturated heterocycles. The molecule has 9 nitrogen and oxygen atoms in total. The number of hydrogen-bond donors (Lipinski definition) is 3. The van der Waals surface area contributed by atoms with Crippen LogP contribution in [0.3, 0.4) is 0 Å². The van der Waals surface area contributed by atoms with Gasteiger partial charge in [-0.1, -0.05) is 46.2 Å². The van der Waals surface area contributed by atoms with Crippen molar-refractivity contribution in [2.24, 2.45) is 17.8 Å². The van der Waals surface area contributed by atoms with Gasteiger partial charge in [-0.05, 0) is 76.0 Å². The fourth-order valence-corrected chi connectivity index (χ4v) is 4.15. The number of aliphatic hydroxyl groups excluding tert-OH is 1. The van der Waals surface area contributed by atoms with Gasteiger partial charge in [-0.15, -0.1) is 0 Å². The van der Waals surface area contributed by atoms with Crippen molar-refractivity contribution in [1.29, 1.82) is 0 Å². The summed E-state index contributed by atoms with van der Waals surface area (Å²) < 4.78 is 15.6. The van der Waals surface area contributed by atoms with Crippen molar-refractivity contribution >= 4 is 18.0 Å². The van der Waals surface area contributed by atoms with Crippen LogP contribution >= 0.6 is 0 Å². The quantitative estimate of drug-likeness (QED) is 0.202. The van der Waals surface area contributed by atoms with E-state index >= 15 is 0 Å². The SMILES string of the molecule is CCCCNC(=O)[C@H](C)C[C@H](O)[C@H](C[C@H](Cc1cccc(OCC(=O)OC)c1)C(C)C)NC(=O)OC(C)(C)C. The molecular formula is C30H50N2O7. The number of rotatable bonds is 16. The summed E-state index contributed by atoms with van der Waals surface area (Å²) in [6.07, 6.45) is 1.69. The molecule has 0 heterocycles. The van der Waals surface area contributed by atoms with Gasteiger partial charge in [0.2, 0.25) is 5.91 Å². The summed E-state index contributed by atoms with van der Waals surface area (Å²) in [4.78, 5) is 36.7. The van der Waals surface area contributed by atoms with Crippen molar-refractivity contribution in [3.8, 4) is 5.75 Å². The molecule has 0 bridgehead atoms. The first kappa shape index (κ1) is 34.2. The van der Waals surface area contributed by atoms with Gasteiger partial charge in [-0.2, -0.15) is 0 Å². The fourth-order valence-electron chi connectivity index (χ4n) is 4.15. The summed E-state index contributed by atoms with van der Waals surface area (Å²) >= 11 is 0. The average Bonchev–Trinajstić information content (AvgIpc) is 2.85. The minimum absolute atomic E-state index is 0.0872. The molecule has 0 radical (unpaired) electrons. The molecular weight excluding hydrogens is 500 g/mol. The summed E-state index contributed by atoms with van der Waals surface area (Å²) in [7, 11) is 1.31. The Morgan fingerprint density at radius 1 is 1.08 bits per heavy atom. The minimum atomic E-state index is -0.944. The highest BCUT2D eigenvalue weighted by Crippen LogP contribution is 2.27. The van der Waals surface area contributed by atoms with Gasteiger partial charge in [-0.25, -0.2) is 9.59 Å². The van der Waals surface area contributed by atoms with Crippen molar-refractivity contribution in [3.05, 3.63) is 29.8 Å². The van der Waals surface area contributed by atoms with Crippen LogP contribution in [0.25, 0.3) is 0 Å². The van der Waals surface area contributed by atoms with E-state index in [-0.39, 0.29) is 30.8 Å². The molecule has 4 atom stereocenters. The Balaban J connectivity index is 3.04. The lowest BCUT2D eigenvalue weighted by Gasteiger charge is -2.32. The van der Waals surface area contributed by atoms with E-state index in [4.69, 9.17) is 9.47 Å². The number of alkyl carbamates (subject to hydrolysis) is 1. The Bertz CT molecular complexity index is 898. The van der Waals surface area contributed by atoms with E-state index in [2.05, 4.69) is 36.1 Å². The smallest absolute Gasteiger partial charge is 0.407 e. The van der Waals surface area contributed by atoms with E-state index < -0.39 is 35.7 Å². The minimum Gasteiger partial charge on any atom is -0.482 e. The number of carbonyl (C=O) groups is 3. The highest BCUT2D eigenvalue weighted by atomic mass is 16.6. The number of esters is 1. The van der Waals surface area contributed by atoms with Crippen molar-refractivity contribution in [2.75, 3.05) is 20.3 Å². The van der Waals surface area contributed by atoms with Crippen molar-refractivity contribution < 1.29 is 33.7 Å². The summed E-state index contributed by atoms with van der Waals surface area (Å²) in [5, 5.41) is 17.0. The van der Waals surface area contributed by atoms with Gasteiger partial charge >= 0.3 is 12.1 Å². The van der Waals surface area contributed by atoms with Crippen LogP contribution in [0, 0.1) is 17.8 Å².